The highest BCUT2D eigenvalue weighted by molar-refractivity contribution is 7.13. The maximum Gasteiger partial charge on any atom is 0.352 e. The number of nitrogens with one attached hydrogen (secondary N) is 1. The number of nitrogen functional groups attached to an aromatic ring is 1. The second kappa shape index (κ2) is 10.2. The summed E-state index contributed by atoms with van der Waals surface area (Å²) in [5.74, 6) is -2.58. The van der Waals surface area contributed by atoms with Gasteiger partial charge in [0.25, 0.3) is 17.5 Å². The zero-order valence-corrected chi connectivity index (χ0v) is 21.7. The minimum Gasteiger partial charge on any atom is -0.477 e. The van der Waals surface area contributed by atoms with E-state index in [1.807, 2.05) is 0 Å². The lowest BCUT2D eigenvalue weighted by Crippen LogP contribution is -2.72. The van der Waals surface area contributed by atoms with Crippen molar-refractivity contribution in [2.24, 2.45) is 5.16 Å². The largest absolute Gasteiger partial charge is 0.477 e. The van der Waals surface area contributed by atoms with E-state index in [2.05, 4.69) is 20.4 Å². The first-order valence-electron chi connectivity index (χ1n) is 11.3. The van der Waals surface area contributed by atoms with Crippen LogP contribution in [-0.4, -0.2) is 67.6 Å². The van der Waals surface area contributed by atoms with Crippen molar-refractivity contribution in [2.75, 3.05) is 12.8 Å². The molecule has 2 aromatic heterocycles. The average Bonchev–Trinajstić information content (AvgIpc) is 3.58. The Morgan fingerprint density at radius 1 is 1.26 bits per heavy atom. The van der Waals surface area contributed by atoms with E-state index >= 15 is 0 Å². The molecule has 1 saturated heterocycles. The summed E-state index contributed by atoms with van der Waals surface area (Å²) in [5, 5.41) is 31.2. The molecule has 0 spiro atoms. The number of non-ortho nitro benzene ring substituents is 1. The summed E-state index contributed by atoms with van der Waals surface area (Å²) in [5.41, 5.74) is 6.85. The van der Waals surface area contributed by atoms with Crippen molar-refractivity contribution in [3.63, 3.8) is 0 Å². The Labute approximate surface area is 227 Å². The van der Waals surface area contributed by atoms with Crippen LogP contribution in [0.5, 0.6) is 0 Å². The summed E-state index contributed by atoms with van der Waals surface area (Å²) < 4.78 is 0. The highest BCUT2D eigenvalue weighted by Gasteiger charge is 2.54. The molecule has 39 heavy (non-hydrogen) atoms. The third-order valence-corrected chi connectivity index (χ3v) is 7.79. The van der Waals surface area contributed by atoms with Crippen LogP contribution in [0, 0.1) is 10.1 Å². The Bertz CT molecular complexity index is 1560. The highest BCUT2D eigenvalue weighted by atomic mass is 32.1. The van der Waals surface area contributed by atoms with Crippen molar-refractivity contribution in [3.8, 4) is 10.6 Å². The molecular formula is C23H19N7O7S2. The molecule has 200 valence electrons. The molecule has 1 aromatic carbocycles. The maximum atomic E-state index is 13.1. The number of benzene rings is 1. The van der Waals surface area contributed by atoms with Crippen molar-refractivity contribution < 1.29 is 29.3 Å². The minimum atomic E-state index is -1.29. The fourth-order valence-electron chi connectivity index (χ4n) is 4.48. The first kappa shape index (κ1) is 25.9. The van der Waals surface area contributed by atoms with Gasteiger partial charge in [-0.1, -0.05) is 5.16 Å². The lowest BCUT2D eigenvalue weighted by molar-refractivity contribution is -0.384. The Hall–Kier alpha value is -4.70. The maximum absolute atomic E-state index is 13.1. The number of nitro benzene ring substituents is 1. The van der Waals surface area contributed by atoms with Crippen LogP contribution in [0.2, 0.25) is 0 Å². The number of allylic oxidation sites excluding steroid dienone is 1. The number of aliphatic carboxylic acids is 1. The molecule has 3 aromatic rings. The molecule has 5 rings (SSSR count). The van der Waals surface area contributed by atoms with Gasteiger partial charge in [-0.05, 0) is 25.0 Å². The minimum absolute atomic E-state index is 0.0565. The van der Waals surface area contributed by atoms with Crippen molar-refractivity contribution >= 4 is 62.6 Å². The number of oxime groups is 1. The van der Waals surface area contributed by atoms with Gasteiger partial charge >= 0.3 is 5.97 Å². The number of fused-ring (bicyclic) bond motifs is 1. The van der Waals surface area contributed by atoms with E-state index in [0.717, 1.165) is 11.3 Å². The standard InChI is InChI=1S/C23H19N7O7S2/c1-37-28-16(14-9-39-23(24)26-14)19(31)27-17-15-7-6-12(18(22(33)34)29(15)21(17)32)13-8-38-20(25-13)10-2-4-11(5-3-10)30(35)36/h2-5,8-9,15,17H,6-7H2,1H3,(H2,24,26)(H,27,31)(H,33,34)/b28-16+/t15-,17+/m1/s1. The SMILES string of the molecule is CO/N=C(/C(=O)N[C@@H]1C(=O)N2C(C(=O)O)=C(c3csc(-c4ccc([N+](=O)[O-])cc4)n3)CC[C@H]12)c1csc(N)n1. The fraction of sp³-hybridized carbons (Fsp3) is 0.217. The van der Waals surface area contributed by atoms with Gasteiger partial charge < -0.3 is 21.0 Å². The Balaban J connectivity index is 1.37. The third-order valence-electron chi connectivity index (χ3n) is 6.23. The quantitative estimate of drug-likeness (QED) is 0.156. The van der Waals surface area contributed by atoms with Crippen molar-refractivity contribution in [3.05, 3.63) is 62.2 Å². The second-order valence-corrected chi connectivity index (χ2v) is 10.2. The smallest absolute Gasteiger partial charge is 0.352 e. The van der Waals surface area contributed by atoms with Gasteiger partial charge in [0.15, 0.2) is 10.8 Å². The van der Waals surface area contributed by atoms with E-state index in [-0.39, 0.29) is 27.9 Å². The predicted octanol–water partition coefficient (Wildman–Crippen LogP) is 2.09. The molecule has 14 nitrogen and oxygen atoms in total. The monoisotopic (exact) mass is 569 g/mol. The number of aromatic nitrogens is 2. The molecule has 0 saturated carbocycles. The first-order chi connectivity index (χ1) is 18.7. The summed E-state index contributed by atoms with van der Waals surface area (Å²) in [4.78, 5) is 63.2. The molecule has 4 N–H and O–H groups in total. The van der Waals surface area contributed by atoms with Crippen LogP contribution in [0.15, 0.2) is 45.9 Å². The normalized spacial score (nSPS) is 18.8. The number of hydrogen-bond acceptors (Lipinski definition) is 12. The summed E-state index contributed by atoms with van der Waals surface area (Å²) in [6.45, 7) is 0. The molecule has 2 aliphatic rings. The topological polar surface area (TPSA) is 203 Å². The van der Waals surface area contributed by atoms with E-state index in [0.29, 0.717) is 34.7 Å². The fourth-order valence-corrected chi connectivity index (χ4v) is 5.87. The first-order valence-corrected chi connectivity index (χ1v) is 13.1. The van der Waals surface area contributed by atoms with E-state index in [1.165, 1.54) is 40.9 Å². The zero-order chi connectivity index (χ0) is 27.8. The average molecular weight is 570 g/mol. The highest BCUT2D eigenvalue weighted by Crippen LogP contribution is 2.41. The van der Waals surface area contributed by atoms with E-state index in [4.69, 9.17) is 10.6 Å². The Morgan fingerprint density at radius 3 is 2.62 bits per heavy atom. The number of nitro groups is 1. The Kier molecular flexibility index (Phi) is 6.80. The van der Waals surface area contributed by atoms with Crippen molar-refractivity contribution in [1.82, 2.24) is 20.2 Å². The molecule has 4 heterocycles. The van der Waals surface area contributed by atoms with Gasteiger partial charge in [-0.2, -0.15) is 0 Å². The van der Waals surface area contributed by atoms with Crippen molar-refractivity contribution in [1.29, 1.82) is 0 Å². The summed E-state index contributed by atoms with van der Waals surface area (Å²) in [6.07, 6.45) is 0.682. The number of carbonyl (C=O) groups is 3. The number of thiazole rings is 2. The summed E-state index contributed by atoms with van der Waals surface area (Å²) >= 11 is 2.36. The number of carboxylic acids is 1. The van der Waals surface area contributed by atoms with Gasteiger partial charge in [-0.25, -0.2) is 14.8 Å². The number of anilines is 1. The molecule has 2 aliphatic heterocycles. The van der Waals surface area contributed by atoms with Crippen LogP contribution in [0.1, 0.15) is 24.2 Å². The van der Waals surface area contributed by atoms with Gasteiger partial charge in [0.05, 0.1) is 16.7 Å². The van der Waals surface area contributed by atoms with Gasteiger partial charge in [0.2, 0.25) is 0 Å². The van der Waals surface area contributed by atoms with E-state index in [1.54, 1.807) is 17.5 Å². The van der Waals surface area contributed by atoms with Crippen LogP contribution in [-0.2, 0) is 19.2 Å². The molecule has 1 fully saturated rings. The number of carboxylic acid groups (broad SMARTS) is 1. The number of rotatable bonds is 8. The van der Waals surface area contributed by atoms with Crippen LogP contribution in [0.25, 0.3) is 16.1 Å². The summed E-state index contributed by atoms with van der Waals surface area (Å²) in [6, 6.07) is 4.33. The lowest BCUT2D eigenvalue weighted by atomic mass is 9.82. The van der Waals surface area contributed by atoms with E-state index in [9.17, 15) is 29.6 Å². The predicted molar refractivity (Wildman–Crippen MR) is 141 cm³/mol. The number of amides is 2. The number of β-lactam (4-membered cyclic amide) rings is 1. The number of hydrogen-bond donors (Lipinski definition) is 3. The van der Waals surface area contributed by atoms with Gasteiger partial charge in [-0.15, -0.1) is 22.7 Å². The van der Waals surface area contributed by atoms with Crippen molar-refractivity contribution in [2.45, 2.75) is 24.9 Å². The van der Waals surface area contributed by atoms with E-state index < -0.39 is 34.8 Å². The summed E-state index contributed by atoms with van der Waals surface area (Å²) in [7, 11) is 1.26. The van der Waals surface area contributed by atoms with Gasteiger partial charge in [0.1, 0.15) is 29.6 Å². The number of nitrogens with zero attached hydrogens (tertiary/aromatic N) is 5. The number of nitrogens with two attached hydrogens (primary N) is 1. The molecule has 0 aliphatic carbocycles. The van der Waals surface area contributed by atoms with Gasteiger partial charge in [-0.3, -0.25) is 24.6 Å². The third kappa shape index (κ3) is 4.70. The molecule has 0 radical (unpaired) electrons. The number of carbonyl (C=O) groups excluding carboxylic acids is 2. The molecule has 2 amide bonds. The molecular weight excluding hydrogens is 550 g/mol. The molecule has 0 bridgehead atoms. The van der Waals surface area contributed by atoms with Crippen LogP contribution >= 0.6 is 22.7 Å². The zero-order valence-electron chi connectivity index (χ0n) is 20.1. The molecule has 0 unspecified atom stereocenters. The van der Waals surface area contributed by atoms with Crippen LogP contribution in [0.3, 0.4) is 0 Å². The Morgan fingerprint density at radius 2 is 2.00 bits per heavy atom. The molecule has 16 heteroatoms. The lowest BCUT2D eigenvalue weighted by Gasteiger charge is -2.50. The molecule has 2 atom stereocenters. The van der Waals surface area contributed by atoms with Gasteiger partial charge in [0, 0.05) is 34.0 Å². The van der Waals surface area contributed by atoms with Crippen LogP contribution in [0.4, 0.5) is 10.8 Å². The van der Waals surface area contributed by atoms with Crippen LogP contribution < -0.4 is 11.1 Å². The second-order valence-electron chi connectivity index (χ2n) is 8.43.